The van der Waals surface area contributed by atoms with Crippen LogP contribution in [0.4, 0.5) is 0 Å². The zero-order chi connectivity index (χ0) is 21.4. The highest BCUT2D eigenvalue weighted by molar-refractivity contribution is 5.87. The summed E-state index contributed by atoms with van der Waals surface area (Å²) in [5.74, 6) is -0.915. The molecule has 0 aliphatic carbocycles. The Morgan fingerprint density at radius 1 is 1.20 bits per heavy atom. The van der Waals surface area contributed by atoms with Crippen molar-refractivity contribution in [3.63, 3.8) is 0 Å². The van der Waals surface area contributed by atoms with E-state index < -0.39 is 12.0 Å². The number of aromatic nitrogens is 4. The van der Waals surface area contributed by atoms with Gasteiger partial charge in [-0.2, -0.15) is 0 Å². The quantitative estimate of drug-likeness (QED) is 0.505. The number of aryl methyl sites for hydroxylation is 2. The molecule has 0 fully saturated rings. The summed E-state index contributed by atoms with van der Waals surface area (Å²) in [6.45, 7) is 4.47. The standard InChI is InChI=1S/C23H26N4O3/c1-4-7-17(12-20(28)29)27-22-19(10-6-11-24-22)26(23(27)30)14-16-13-25(3)18-9-5-8-15(2)21(16)18/h5-6,8-11,13,17H,4,7,12,14H2,1-3H3,(H,28,29). The first-order valence-corrected chi connectivity index (χ1v) is 10.2. The van der Waals surface area contributed by atoms with E-state index in [-0.39, 0.29) is 12.1 Å². The van der Waals surface area contributed by atoms with Crippen LogP contribution >= 0.6 is 0 Å². The number of hydrogen-bond acceptors (Lipinski definition) is 3. The highest BCUT2D eigenvalue weighted by Gasteiger charge is 2.23. The van der Waals surface area contributed by atoms with Gasteiger partial charge < -0.3 is 9.67 Å². The minimum absolute atomic E-state index is 0.100. The first-order chi connectivity index (χ1) is 14.4. The lowest BCUT2D eigenvalue weighted by atomic mass is 10.1. The van der Waals surface area contributed by atoms with E-state index in [1.807, 2.05) is 32.2 Å². The maximum Gasteiger partial charge on any atom is 0.330 e. The van der Waals surface area contributed by atoms with Gasteiger partial charge in [0.1, 0.15) is 0 Å². The molecule has 0 amide bonds. The molecule has 3 heterocycles. The summed E-state index contributed by atoms with van der Waals surface area (Å²) >= 11 is 0. The fourth-order valence-electron chi connectivity index (χ4n) is 4.47. The number of benzene rings is 1. The van der Waals surface area contributed by atoms with E-state index in [4.69, 9.17) is 0 Å². The smallest absolute Gasteiger partial charge is 0.330 e. The molecule has 1 N–H and O–H groups in total. The number of hydrogen-bond donors (Lipinski definition) is 1. The van der Waals surface area contributed by atoms with Gasteiger partial charge in [0, 0.05) is 30.3 Å². The fraction of sp³-hybridized carbons (Fsp3) is 0.348. The topological polar surface area (TPSA) is 82.0 Å². The van der Waals surface area contributed by atoms with Crippen molar-refractivity contribution in [2.45, 2.75) is 45.7 Å². The molecule has 4 rings (SSSR count). The van der Waals surface area contributed by atoms with E-state index in [1.165, 1.54) is 0 Å². The molecule has 0 saturated heterocycles. The van der Waals surface area contributed by atoms with Gasteiger partial charge in [-0.05, 0) is 42.7 Å². The summed E-state index contributed by atoms with van der Waals surface area (Å²) in [6, 6.07) is 9.44. The second-order valence-corrected chi connectivity index (χ2v) is 7.86. The summed E-state index contributed by atoms with van der Waals surface area (Å²) in [6.07, 6.45) is 5.00. The Kier molecular flexibility index (Phi) is 5.20. The van der Waals surface area contributed by atoms with Gasteiger partial charge in [-0.3, -0.25) is 13.9 Å². The van der Waals surface area contributed by atoms with E-state index in [1.54, 1.807) is 15.3 Å². The van der Waals surface area contributed by atoms with Gasteiger partial charge in [0.05, 0.1) is 24.5 Å². The molecule has 30 heavy (non-hydrogen) atoms. The Hall–Kier alpha value is -3.35. The Morgan fingerprint density at radius 3 is 2.70 bits per heavy atom. The highest BCUT2D eigenvalue weighted by Crippen LogP contribution is 2.27. The van der Waals surface area contributed by atoms with E-state index in [0.29, 0.717) is 18.6 Å². The maximum atomic E-state index is 13.5. The Labute approximate surface area is 174 Å². The van der Waals surface area contributed by atoms with E-state index in [9.17, 15) is 14.7 Å². The predicted octanol–water partition coefficient (Wildman–Crippen LogP) is 3.86. The average Bonchev–Trinajstić information content (AvgIpc) is 3.17. The zero-order valence-corrected chi connectivity index (χ0v) is 17.5. The molecule has 156 valence electrons. The van der Waals surface area contributed by atoms with Crippen LogP contribution in [0, 0.1) is 6.92 Å². The molecule has 3 aromatic heterocycles. The van der Waals surface area contributed by atoms with Crippen molar-refractivity contribution in [3.05, 3.63) is 64.3 Å². The monoisotopic (exact) mass is 406 g/mol. The molecule has 1 unspecified atom stereocenters. The Bertz CT molecular complexity index is 1300. The maximum absolute atomic E-state index is 13.5. The van der Waals surface area contributed by atoms with Crippen molar-refractivity contribution in [2.24, 2.45) is 7.05 Å². The molecule has 7 nitrogen and oxygen atoms in total. The first-order valence-electron chi connectivity index (χ1n) is 10.2. The molecular formula is C23H26N4O3. The third kappa shape index (κ3) is 3.30. The number of carboxylic acids is 1. The fourth-order valence-corrected chi connectivity index (χ4v) is 4.47. The minimum Gasteiger partial charge on any atom is -0.481 e. The van der Waals surface area contributed by atoms with Gasteiger partial charge in [0.15, 0.2) is 5.65 Å². The van der Waals surface area contributed by atoms with Crippen LogP contribution in [0.3, 0.4) is 0 Å². The van der Waals surface area contributed by atoms with Crippen LogP contribution in [0.15, 0.2) is 47.5 Å². The average molecular weight is 406 g/mol. The van der Waals surface area contributed by atoms with E-state index in [0.717, 1.165) is 34.0 Å². The number of aliphatic carboxylic acids is 1. The molecule has 0 aliphatic heterocycles. The number of imidazole rings is 1. The van der Waals surface area contributed by atoms with Gasteiger partial charge in [-0.1, -0.05) is 25.5 Å². The summed E-state index contributed by atoms with van der Waals surface area (Å²) in [7, 11) is 2.00. The SMILES string of the molecule is CCCC(CC(=O)O)n1c(=O)n(Cc2cn(C)c3cccc(C)c23)c2cccnc21. The van der Waals surface area contributed by atoms with Crippen LogP contribution in [0.1, 0.15) is 43.4 Å². The lowest BCUT2D eigenvalue weighted by Crippen LogP contribution is -2.29. The van der Waals surface area contributed by atoms with Gasteiger partial charge in [-0.15, -0.1) is 0 Å². The van der Waals surface area contributed by atoms with Crippen LogP contribution in [0.5, 0.6) is 0 Å². The van der Waals surface area contributed by atoms with Crippen molar-refractivity contribution in [1.29, 1.82) is 0 Å². The summed E-state index contributed by atoms with van der Waals surface area (Å²) < 4.78 is 5.36. The molecule has 1 aromatic carbocycles. The van der Waals surface area contributed by atoms with Crippen LogP contribution in [0.25, 0.3) is 22.1 Å². The largest absolute Gasteiger partial charge is 0.481 e. The van der Waals surface area contributed by atoms with Crippen molar-refractivity contribution < 1.29 is 9.90 Å². The third-order valence-corrected chi connectivity index (χ3v) is 5.75. The highest BCUT2D eigenvalue weighted by atomic mass is 16.4. The molecular weight excluding hydrogens is 380 g/mol. The van der Waals surface area contributed by atoms with Gasteiger partial charge in [0.2, 0.25) is 0 Å². The van der Waals surface area contributed by atoms with Crippen molar-refractivity contribution in [2.75, 3.05) is 0 Å². The Balaban J connectivity index is 1.90. The summed E-state index contributed by atoms with van der Waals surface area (Å²) in [4.78, 5) is 29.4. The molecule has 0 saturated carbocycles. The van der Waals surface area contributed by atoms with E-state index >= 15 is 0 Å². The van der Waals surface area contributed by atoms with Crippen LogP contribution < -0.4 is 5.69 Å². The predicted molar refractivity (Wildman–Crippen MR) is 117 cm³/mol. The molecule has 0 aliphatic rings. The van der Waals surface area contributed by atoms with Crippen molar-refractivity contribution >= 4 is 28.0 Å². The summed E-state index contributed by atoms with van der Waals surface area (Å²) in [5, 5.41) is 10.5. The van der Waals surface area contributed by atoms with Crippen LogP contribution in [-0.2, 0) is 18.4 Å². The van der Waals surface area contributed by atoms with E-state index in [2.05, 4.69) is 34.8 Å². The lowest BCUT2D eigenvalue weighted by Gasteiger charge is -2.15. The number of pyridine rings is 1. The number of fused-ring (bicyclic) bond motifs is 2. The number of carboxylic acid groups (broad SMARTS) is 1. The second kappa shape index (κ2) is 7.82. The Morgan fingerprint density at radius 2 is 1.97 bits per heavy atom. The first kappa shape index (κ1) is 19.9. The lowest BCUT2D eigenvalue weighted by molar-refractivity contribution is -0.137. The van der Waals surface area contributed by atoms with Gasteiger partial charge in [0.25, 0.3) is 0 Å². The molecule has 0 spiro atoms. The molecule has 7 heteroatoms. The number of rotatable bonds is 7. The number of carbonyl (C=O) groups is 1. The zero-order valence-electron chi connectivity index (χ0n) is 17.5. The molecule has 0 radical (unpaired) electrons. The molecule has 4 aromatic rings. The van der Waals surface area contributed by atoms with Gasteiger partial charge >= 0.3 is 11.7 Å². The van der Waals surface area contributed by atoms with Crippen molar-refractivity contribution in [3.8, 4) is 0 Å². The third-order valence-electron chi connectivity index (χ3n) is 5.75. The molecule has 0 bridgehead atoms. The summed E-state index contributed by atoms with van der Waals surface area (Å²) in [5.41, 5.74) is 4.39. The number of nitrogens with zero attached hydrogens (tertiary/aromatic N) is 4. The van der Waals surface area contributed by atoms with Gasteiger partial charge in [-0.25, -0.2) is 9.78 Å². The van der Waals surface area contributed by atoms with Crippen LogP contribution in [-0.4, -0.2) is 29.8 Å². The van der Waals surface area contributed by atoms with Crippen LogP contribution in [0.2, 0.25) is 0 Å². The molecule has 1 atom stereocenters. The van der Waals surface area contributed by atoms with Crippen molar-refractivity contribution in [1.82, 2.24) is 18.7 Å². The normalized spacial score (nSPS) is 12.6. The second-order valence-electron chi connectivity index (χ2n) is 7.86. The minimum atomic E-state index is -0.915.